The van der Waals surface area contributed by atoms with Crippen LogP contribution in [0.25, 0.3) is 23.0 Å². The third kappa shape index (κ3) is 5.26. The van der Waals surface area contributed by atoms with E-state index in [9.17, 15) is 4.79 Å². The molecule has 0 N–H and O–H groups in total. The maximum atomic E-state index is 13.1. The molecule has 0 radical (unpaired) electrons. The number of para-hydroxylation sites is 1. The van der Waals surface area contributed by atoms with E-state index in [0.717, 1.165) is 33.8 Å². The van der Waals surface area contributed by atoms with Gasteiger partial charge in [0, 0.05) is 23.9 Å². The van der Waals surface area contributed by atoms with Gasteiger partial charge in [0.25, 0.3) is 5.91 Å². The van der Waals surface area contributed by atoms with E-state index in [-0.39, 0.29) is 12.0 Å². The lowest BCUT2D eigenvalue weighted by atomic mass is 10.0. The van der Waals surface area contributed by atoms with E-state index in [1.807, 2.05) is 79.3 Å². The van der Waals surface area contributed by atoms with Gasteiger partial charge in [-0.05, 0) is 68.7 Å². The zero-order valence-corrected chi connectivity index (χ0v) is 21.7. The Morgan fingerprint density at radius 2 is 1.85 bits per heavy atom. The maximum absolute atomic E-state index is 13.1. The number of thiocarbonyl (C=S) groups is 1. The molecular formula is C27H29N3O2S2. The van der Waals surface area contributed by atoms with Crippen molar-refractivity contribution in [3.63, 3.8) is 0 Å². The zero-order chi connectivity index (χ0) is 24.4. The molecule has 176 valence electrons. The van der Waals surface area contributed by atoms with E-state index in [1.54, 1.807) is 4.90 Å². The third-order valence-electron chi connectivity index (χ3n) is 5.30. The van der Waals surface area contributed by atoms with Crippen LogP contribution in [0.4, 0.5) is 0 Å². The number of nitrogens with zero attached hydrogens (tertiary/aromatic N) is 3. The Hall–Kier alpha value is -2.90. The molecule has 4 rings (SSSR count). The first-order valence-corrected chi connectivity index (χ1v) is 12.6. The van der Waals surface area contributed by atoms with E-state index in [0.29, 0.717) is 21.7 Å². The first-order valence-electron chi connectivity index (χ1n) is 11.4. The molecule has 3 aromatic rings. The predicted molar refractivity (Wildman–Crippen MR) is 144 cm³/mol. The molecule has 1 aliphatic rings. The lowest BCUT2D eigenvalue weighted by molar-refractivity contribution is -0.122. The largest absolute Gasteiger partial charge is 0.491 e. The standard InChI is InChI=1S/C27H29N3O2S2/c1-17(2)15-29-26(31)24(34-27(29)33)14-20-16-30(21-9-7-6-8-10-21)28-25(20)23-12-11-22(13-19(23)5)32-18(3)4/h6-14,16-18H,15H2,1-5H3/b24-14-. The molecular weight excluding hydrogens is 462 g/mol. The van der Waals surface area contributed by atoms with Crippen molar-refractivity contribution in [1.29, 1.82) is 0 Å². The summed E-state index contributed by atoms with van der Waals surface area (Å²) < 4.78 is 8.32. The van der Waals surface area contributed by atoms with Gasteiger partial charge in [0.2, 0.25) is 0 Å². The molecule has 0 spiro atoms. The van der Waals surface area contributed by atoms with E-state index < -0.39 is 0 Å². The number of carbonyl (C=O) groups is 1. The number of hydrogen-bond acceptors (Lipinski definition) is 5. The monoisotopic (exact) mass is 491 g/mol. The molecule has 1 amide bonds. The highest BCUT2D eigenvalue weighted by Crippen LogP contribution is 2.36. The van der Waals surface area contributed by atoms with Gasteiger partial charge < -0.3 is 4.74 Å². The molecule has 1 aliphatic heterocycles. The summed E-state index contributed by atoms with van der Waals surface area (Å²) in [5.41, 5.74) is 4.68. The average molecular weight is 492 g/mol. The summed E-state index contributed by atoms with van der Waals surface area (Å²) >= 11 is 6.85. The number of ether oxygens (including phenoxy) is 1. The summed E-state index contributed by atoms with van der Waals surface area (Å²) in [5.74, 6) is 1.13. The number of aromatic nitrogens is 2. The number of aryl methyl sites for hydroxylation is 1. The van der Waals surface area contributed by atoms with Crippen molar-refractivity contribution in [3.8, 4) is 22.7 Å². The van der Waals surface area contributed by atoms with Gasteiger partial charge in [-0.2, -0.15) is 5.10 Å². The lowest BCUT2D eigenvalue weighted by Crippen LogP contribution is -2.31. The maximum Gasteiger partial charge on any atom is 0.266 e. The summed E-state index contributed by atoms with van der Waals surface area (Å²) in [7, 11) is 0. The topological polar surface area (TPSA) is 47.4 Å². The number of carbonyl (C=O) groups excluding carboxylic acids is 1. The molecule has 0 unspecified atom stereocenters. The lowest BCUT2D eigenvalue weighted by Gasteiger charge is -2.16. The van der Waals surface area contributed by atoms with Gasteiger partial charge in [0.05, 0.1) is 16.7 Å². The van der Waals surface area contributed by atoms with Crippen LogP contribution in [0.5, 0.6) is 5.75 Å². The third-order valence-corrected chi connectivity index (χ3v) is 6.67. The summed E-state index contributed by atoms with van der Waals surface area (Å²) in [4.78, 5) is 15.4. The minimum absolute atomic E-state index is 0.0421. The molecule has 2 heterocycles. The molecule has 0 saturated carbocycles. The Kier molecular flexibility index (Phi) is 7.24. The number of benzene rings is 2. The highest BCUT2D eigenvalue weighted by molar-refractivity contribution is 8.26. The molecule has 2 aromatic carbocycles. The number of amides is 1. The minimum atomic E-state index is -0.0421. The molecule has 0 bridgehead atoms. The van der Waals surface area contributed by atoms with Crippen molar-refractivity contribution < 1.29 is 9.53 Å². The van der Waals surface area contributed by atoms with Crippen LogP contribution in [0.2, 0.25) is 0 Å². The molecule has 1 saturated heterocycles. The molecule has 7 heteroatoms. The van der Waals surface area contributed by atoms with Gasteiger partial charge in [-0.3, -0.25) is 9.69 Å². The second-order valence-electron chi connectivity index (χ2n) is 9.04. The van der Waals surface area contributed by atoms with Crippen LogP contribution in [-0.2, 0) is 4.79 Å². The summed E-state index contributed by atoms with van der Waals surface area (Å²) in [6, 6.07) is 16.0. The second kappa shape index (κ2) is 10.2. The van der Waals surface area contributed by atoms with Crippen molar-refractivity contribution in [2.75, 3.05) is 6.54 Å². The zero-order valence-electron chi connectivity index (χ0n) is 20.1. The van der Waals surface area contributed by atoms with Crippen LogP contribution < -0.4 is 4.74 Å². The molecule has 1 fully saturated rings. The summed E-state index contributed by atoms with van der Waals surface area (Å²) in [6.07, 6.45) is 3.99. The van der Waals surface area contributed by atoms with Crippen molar-refractivity contribution in [3.05, 3.63) is 70.8 Å². The van der Waals surface area contributed by atoms with E-state index >= 15 is 0 Å². The Balaban J connectivity index is 1.78. The molecule has 0 atom stereocenters. The quantitative estimate of drug-likeness (QED) is 0.279. The second-order valence-corrected chi connectivity index (χ2v) is 10.7. The fourth-order valence-corrected chi connectivity index (χ4v) is 5.09. The van der Waals surface area contributed by atoms with Crippen LogP contribution >= 0.6 is 24.0 Å². The van der Waals surface area contributed by atoms with Crippen LogP contribution in [-0.4, -0.2) is 37.6 Å². The van der Waals surface area contributed by atoms with Crippen LogP contribution in [0, 0.1) is 12.8 Å². The first-order chi connectivity index (χ1) is 16.2. The average Bonchev–Trinajstić information content (AvgIpc) is 3.30. The smallest absolute Gasteiger partial charge is 0.266 e. The van der Waals surface area contributed by atoms with Crippen molar-refractivity contribution in [2.45, 2.75) is 40.7 Å². The number of thioether (sulfide) groups is 1. The fraction of sp³-hybridized carbons (Fsp3) is 0.296. The number of rotatable bonds is 7. The van der Waals surface area contributed by atoms with Crippen molar-refractivity contribution in [2.24, 2.45) is 5.92 Å². The van der Waals surface area contributed by atoms with Gasteiger partial charge in [0.1, 0.15) is 15.8 Å². The van der Waals surface area contributed by atoms with Gasteiger partial charge in [0.15, 0.2) is 0 Å². The Morgan fingerprint density at radius 1 is 1.12 bits per heavy atom. The molecule has 5 nitrogen and oxygen atoms in total. The van der Waals surface area contributed by atoms with Crippen LogP contribution in [0.3, 0.4) is 0 Å². The highest BCUT2D eigenvalue weighted by Gasteiger charge is 2.32. The van der Waals surface area contributed by atoms with E-state index in [1.165, 1.54) is 11.8 Å². The summed E-state index contributed by atoms with van der Waals surface area (Å²) in [5, 5.41) is 4.92. The molecule has 1 aromatic heterocycles. The van der Waals surface area contributed by atoms with Gasteiger partial charge in [-0.15, -0.1) is 0 Å². The van der Waals surface area contributed by atoms with Gasteiger partial charge in [-0.25, -0.2) is 4.68 Å². The highest BCUT2D eigenvalue weighted by atomic mass is 32.2. The van der Waals surface area contributed by atoms with Crippen molar-refractivity contribution in [1.82, 2.24) is 14.7 Å². The Labute approximate surface area is 210 Å². The minimum Gasteiger partial charge on any atom is -0.491 e. The predicted octanol–water partition coefficient (Wildman–Crippen LogP) is 6.49. The molecule has 34 heavy (non-hydrogen) atoms. The SMILES string of the molecule is Cc1cc(OC(C)C)ccc1-c1nn(-c2ccccc2)cc1/C=C1\SC(=S)N(CC(C)C)C1=O. The molecule has 0 aliphatic carbocycles. The Bertz CT molecular complexity index is 1250. The van der Waals surface area contributed by atoms with E-state index in [2.05, 4.69) is 20.8 Å². The normalized spacial score (nSPS) is 15.3. The van der Waals surface area contributed by atoms with Crippen molar-refractivity contribution >= 4 is 40.3 Å². The first kappa shape index (κ1) is 24.2. The number of hydrogen-bond donors (Lipinski definition) is 0. The van der Waals surface area contributed by atoms with Gasteiger partial charge in [-0.1, -0.05) is 56.0 Å². The van der Waals surface area contributed by atoms with E-state index in [4.69, 9.17) is 22.1 Å². The van der Waals surface area contributed by atoms with Crippen LogP contribution in [0.1, 0.15) is 38.8 Å². The Morgan fingerprint density at radius 3 is 2.50 bits per heavy atom. The summed E-state index contributed by atoms with van der Waals surface area (Å²) in [6.45, 7) is 10.9. The van der Waals surface area contributed by atoms with Gasteiger partial charge >= 0.3 is 0 Å². The van der Waals surface area contributed by atoms with Crippen LogP contribution in [0.15, 0.2) is 59.6 Å². The fourth-order valence-electron chi connectivity index (χ4n) is 3.83.